The lowest BCUT2D eigenvalue weighted by atomic mass is 10.9. The maximum absolute atomic E-state index is 10.6. The van der Waals surface area contributed by atoms with Gasteiger partial charge in [-0.2, -0.15) is 0 Å². The van der Waals surface area contributed by atoms with Crippen LogP contribution in [0.4, 0.5) is 4.79 Å². The molecule has 58 valence electrons. The summed E-state index contributed by atoms with van der Waals surface area (Å²) < 4.78 is 0. The van der Waals surface area contributed by atoms with Crippen LogP contribution in [-0.4, -0.2) is 26.1 Å². The number of hydrogen-bond acceptors (Lipinski definition) is 3. The summed E-state index contributed by atoms with van der Waals surface area (Å²) in [6.07, 6.45) is 0. The van der Waals surface area contributed by atoms with Crippen molar-refractivity contribution < 1.29 is 4.79 Å². The molecule has 5 N–H and O–H groups in total. The van der Waals surface area contributed by atoms with Crippen LogP contribution < -0.4 is 21.9 Å². The number of carbonyl (C=O) groups excluding carboxylic acids is 1. The summed E-state index contributed by atoms with van der Waals surface area (Å²) in [5.74, 6) is 0.0766. The molecule has 0 aromatic heterocycles. The van der Waals surface area contributed by atoms with Gasteiger partial charge in [0.15, 0.2) is 5.96 Å². The topological polar surface area (TPSA) is 91.5 Å². The molecule has 0 aromatic carbocycles. The number of rotatable bonds is 1. The first-order valence-electron chi connectivity index (χ1n) is 2.66. The highest BCUT2D eigenvalue weighted by Crippen LogP contribution is 1.60. The van der Waals surface area contributed by atoms with Crippen molar-refractivity contribution in [3.05, 3.63) is 0 Å². The minimum atomic E-state index is -0.439. The van der Waals surface area contributed by atoms with Crippen molar-refractivity contribution in [3.8, 4) is 0 Å². The van der Waals surface area contributed by atoms with E-state index in [9.17, 15) is 4.79 Å². The van der Waals surface area contributed by atoms with Crippen LogP contribution in [0, 0.1) is 0 Å². The Kier molecular flexibility index (Phi) is 3.97. The number of nitrogens with one attached hydrogen (secondary N) is 3. The van der Waals surface area contributed by atoms with Gasteiger partial charge in [-0.3, -0.25) is 15.7 Å². The van der Waals surface area contributed by atoms with Crippen LogP contribution in [0.5, 0.6) is 0 Å². The van der Waals surface area contributed by atoms with Gasteiger partial charge >= 0.3 is 6.03 Å². The van der Waals surface area contributed by atoms with E-state index in [1.165, 1.54) is 7.05 Å². The summed E-state index contributed by atoms with van der Waals surface area (Å²) in [5, 5.41) is 2.25. The molecule has 0 aromatic rings. The molecule has 6 heteroatoms. The van der Waals surface area contributed by atoms with Crippen molar-refractivity contribution in [1.82, 2.24) is 16.2 Å². The number of hydrazine groups is 1. The maximum atomic E-state index is 10.6. The molecule has 2 amide bonds. The van der Waals surface area contributed by atoms with Crippen LogP contribution in [0.3, 0.4) is 0 Å². The Hall–Kier alpha value is -1.30. The highest BCUT2D eigenvalue weighted by molar-refractivity contribution is 5.94. The molecule has 0 radical (unpaired) electrons. The van der Waals surface area contributed by atoms with Crippen molar-refractivity contribution in [1.29, 1.82) is 0 Å². The molecule has 10 heavy (non-hydrogen) atoms. The Bertz CT molecular complexity index is 143. The third-order valence-electron chi connectivity index (χ3n) is 0.721. The minimum absolute atomic E-state index is 0.0766. The summed E-state index contributed by atoms with van der Waals surface area (Å²) >= 11 is 0. The number of guanidine groups is 1. The summed E-state index contributed by atoms with van der Waals surface area (Å²) in [6.45, 7) is 0. The van der Waals surface area contributed by atoms with Gasteiger partial charge in [-0.05, 0) is 0 Å². The smallest absolute Gasteiger partial charge is 0.335 e. The van der Waals surface area contributed by atoms with Gasteiger partial charge in [0.2, 0.25) is 0 Å². The molecule has 0 unspecified atom stereocenters. The number of nitrogens with two attached hydrogens (primary N) is 1. The number of aliphatic imine (C=N–C) groups is 1. The fourth-order valence-electron chi connectivity index (χ4n) is 0.317. The van der Waals surface area contributed by atoms with Gasteiger partial charge in [0, 0.05) is 14.1 Å². The normalized spacial score (nSPS) is 10.8. The zero-order valence-electron chi connectivity index (χ0n) is 5.93. The lowest BCUT2D eigenvalue weighted by Crippen LogP contribution is -2.47. The zero-order valence-corrected chi connectivity index (χ0v) is 5.93. The Morgan fingerprint density at radius 1 is 1.60 bits per heavy atom. The number of hydrogen-bond donors (Lipinski definition) is 4. The quantitative estimate of drug-likeness (QED) is 0.203. The average molecular weight is 145 g/mol. The van der Waals surface area contributed by atoms with E-state index in [0.717, 1.165) is 0 Å². The molecule has 0 spiro atoms. The highest BCUT2D eigenvalue weighted by atomic mass is 16.2. The van der Waals surface area contributed by atoms with Crippen molar-refractivity contribution >= 4 is 12.0 Å². The number of carbonyl (C=O) groups is 1. The first kappa shape index (κ1) is 8.70. The Labute approximate surface area is 58.9 Å². The minimum Gasteiger partial charge on any atom is -0.370 e. The predicted octanol–water partition coefficient (Wildman–Crippen LogP) is -1.64. The molecular formula is C4H11N5O. The van der Waals surface area contributed by atoms with Gasteiger partial charge in [0.25, 0.3) is 0 Å². The van der Waals surface area contributed by atoms with Crippen LogP contribution in [0.1, 0.15) is 0 Å². The standard InChI is InChI=1S/C4H11N5O/c1-6-3(5)8-4(10)9-7-2/h7H,1-2H3,(H4,5,6,8,9,10). The van der Waals surface area contributed by atoms with Gasteiger partial charge in [0.05, 0.1) is 0 Å². The monoisotopic (exact) mass is 145 g/mol. The lowest BCUT2D eigenvalue weighted by molar-refractivity contribution is 0.242. The predicted molar refractivity (Wildman–Crippen MR) is 38.3 cm³/mol. The highest BCUT2D eigenvalue weighted by Gasteiger charge is 1.96. The summed E-state index contributed by atoms with van der Waals surface area (Å²) in [6, 6.07) is -0.439. The van der Waals surface area contributed by atoms with Gasteiger partial charge < -0.3 is 5.73 Å². The van der Waals surface area contributed by atoms with E-state index in [1.54, 1.807) is 7.05 Å². The third kappa shape index (κ3) is 3.67. The maximum Gasteiger partial charge on any atom is 0.335 e. The molecule has 6 nitrogen and oxygen atoms in total. The molecule has 0 saturated heterocycles. The number of amides is 2. The van der Waals surface area contributed by atoms with Crippen LogP contribution in [0.25, 0.3) is 0 Å². The van der Waals surface area contributed by atoms with E-state index >= 15 is 0 Å². The molecule has 0 aliphatic rings. The Morgan fingerprint density at radius 3 is 2.60 bits per heavy atom. The van der Waals surface area contributed by atoms with Crippen LogP contribution in [0.2, 0.25) is 0 Å². The van der Waals surface area contributed by atoms with E-state index in [1.807, 2.05) is 0 Å². The van der Waals surface area contributed by atoms with E-state index in [2.05, 4.69) is 21.2 Å². The van der Waals surface area contributed by atoms with E-state index in [0.29, 0.717) is 0 Å². The second-order valence-electron chi connectivity index (χ2n) is 1.44. The molecule has 0 rings (SSSR count). The number of urea groups is 1. The summed E-state index contributed by atoms with van der Waals surface area (Å²) in [5.41, 5.74) is 9.83. The Morgan fingerprint density at radius 2 is 2.20 bits per heavy atom. The van der Waals surface area contributed by atoms with Crippen LogP contribution in [-0.2, 0) is 0 Å². The van der Waals surface area contributed by atoms with Crippen molar-refractivity contribution in [3.63, 3.8) is 0 Å². The zero-order chi connectivity index (χ0) is 7.98. The summed E-state index contributed by atoms with van der Waals surface area (Å²) in [7, 11) is 3.05. The second-order valence-corrected chi connectivity index (χ2v) is 1.44. The SMILES string of the molecule is C/N=C(/N)NC(=O)NNC. The Balaban J connectivity index is 3.58. The third-order valence-corrected chi connectivity index (χ3v) is 0.721. The van der Waals surface area contributed by atoms with Crippen molar-refractivity contribution in [2.45, 2.75) is 0 Å². The molecule has 0 aliphatic carbocycles. The van der Waals surface area contributed by atoms with E-state index < -0.39 is 6.03 Å². The molecular weight excluding hydrogens is 134 g/mol. The summed E-state index contributed by atoms with van der Waals surface area (Å²) in [4.78, 5) is 14.1. The van der Waals surface area contributed by atoms with Crippen molar-refractivity contribution in [2.75, 3.05) is 14.1 Å². The van der Waals surface area contributed by atoms with E-state index in [4.69, 9.17) is 5.73 Å². The van der Waals surface area contributed by atoms with Gasteiger partial charge in [0.1, 0.15) is 0 Å². The lowest BCUT2D eigenvalue weighted by Gasteiger charge is -2.03. The van der Waals surface area contributed by atoms with Gasteiger partial charge in [-0.25, -0.2) is 10.2 Å². The fourth-order valence-corrected chi connectivity index (χ4v) is 0.317. The molecule has 0 heterocycles. The second kappa shape index (κ2) is 4.57. The van der Waals surface area contributed by atoms with E-state index in [-0.39, 0.29) is 5.96 Å². The van der Waals surface area contributed by atoms with Gasteiger partial charge in [-0.1, -0.05) is 0 Å². The van der Waals surface area contributed by atoms with Gasteiger partial charge in [-0.15, -0.1) is 0 Å². The fraction of sp³-hybridized carbons (Fsp3) is 0.500. The first-order chi connectivity index (χ1) is 4.70. The molecule has 0 bridgehead atoms. The van der Waals surface area contributed by atoms with Crippen LogP contribution >= 0.6 is 0 Å². The molecule has 0 aliphatic heterocycles. The largest absolute Gasteiger partial charge is 0.370 e. The van der Waals surface area contributed by atoms with Crippen molar-refractivity contribution in [2.24, 2.45) is 10.7 Å². The molecule has 0 fully saturated rings. The molecule has 0 atom stereocenters. The molecule has 0 saturated carbocycles. The average Bonchev–Trinajstić information content (AvgIpc) is 1.88. The number of nitrogens with zero attached hydrogens (tertiary/aromatic N) is 1. The van der Waals surface area contributed by atoms with Crippen LogP contribution in [0.15, 0.2) is 4.99 Å². The first-order valence-corrected chi connectivity index (χ1v) is 2.66.